The van der Waals surface area contributed by atoms with Crippen molar-refractivity contribution in [3.8, 4) is 11.4 Å². The molecule has 0 saturated heterocycles. The zero-order valence-corrected chi connectivity index (χ0v) is 17.7. The van der Waals surface area contributed by atoms with Gasteiger partial charge in [0.1, 0.15) is 0 Å². The van der Waals surface area contributed by atoms with Crippen molar-refractivity contribution in [3.05, 3.63) is 30.5 Å². The highest BCUT2D eigenvalue weighted by molar-refractivity contribution is 8.00. The zero-order chi connectivity index (χ0) is 20.2. The maximum Gasteiger partial charge on any atom is 0.233 e. The number of H-pyrrole nitrogens is 1. The third-order valence-electron chi connectivity index (χ3n) is 5.03. The first-order chi connectivity index (χ1) is 14.2. The Labute approximate surface area is 174 Å². The van der Waals surface area contributed by atoms with Crippen molar-refractivity contribution in [2.24, 2.45) is 0 Å². The van der Waals surface area contributed by atoms with Gasteiger partial charge in [0.25, 0.3) is 0 Å². The van der Waals surface area contributed by atoms with Crippen molar-refractivity contribution in [2.45, 2.75) is 49.6 Å². The van der Waals surface area contributed by atoms with Crippen LogP contribution in [0.1, 0.15) is 39.2 Å². The number of thioether (sulfide) groups is 1. The molecule has 1 aliphatic carbocycles. The average Bonchev–Trinajstić information content (AvgIpc) is 3.35. The summed E-state index contributed by atoms with van der Waals surface area (Å²) < 4.78 is 7.52. The summed E-state index contributed by atoms with van der Waals surface area (Å²) in [5.41, 5.74) is 2.14. The summed E-state index contributed by atoms with van der Waals surface area (Å²) >= 11 is 1.47. The fourth-order valence-corrected chi connectivity index (χ4v) is 4.29. The van der Waals surface area contributed by atoms with E-state index in [0.717, 1.165) is 46.7 Å². The van der Waals surface area contributed by atoms with Crippen LogP contribution in [-0.2, 0) is 9.53 Å². The van der Waals surface area contributed by atoms with Crippen molar-refractivity contribution >= 4 is 28.6 Å². The zero-order valence-electron chi connectivity index (χ0n) is 16.9. The maximum atomic E-state index is 12.5. The largest absolute Gasteiger partial charge is 0.382 e. The Morgan fingerprint density at radius 1 is 1.38 bits per heavy atom. The quantitative estimate of drug-likeness (QED) is 0.390. The number of hydrogen-bond acceptors (Lipinski definition) is 5. The molecular formula is C21H27N5O2S. The Morgan fingerprint density at radius 2 is 2.21 bits per heavy atom. The number of rotatable bonds is 10. The van der Waals surface area contributed by atoms with E-state index in [-0.39, 0.29) is 11.2 Å². The fraction of sp³-hybridized carbons (Fsp3) is 0.476. The van der Waals surface area contributed by atoms with Gasteiger partial charge in [-0.05, 0) is 39.2 Å². The Morgan fingerprint density at radius 3 is 3.00 bits per heavy atom. The van der Waals surface area contributed by atoms with Crippen LogP contribution in [0, 0.1) is 0 Å². The molecule has 1 amide bonds. The monoisotopic (exact) mass is 413 g/mol. The van der Waals surface area contributed by atoms with Crippen LogP contribution in [-0.4, -0.2) is 50.7 Å². The van der Waals surface area contributed by atoms with Crippen LogP contribution in [0.4, 0.5) is 0 Å². The molecule has 0 bridgehead atoms. The van der Waals surface area contributed by atoms with Gasteiger partial charge in [-0.15, -0.1) is 10.2 Å². The summed E-state index contributed by atoms with van der Waals surface area (Å²) in [7, 11) is 0. The number of aromatic amines is 1. The van der Waals surface area contributed by atoms with Gasteiger partial charge in [-0.1, -0.05) is 30.0 Å². The lowest BCUT2D eigenvalue weighted by molar-refractivity contribution is -0.120. The lowest BCUT2D eigenvalue weighted by Crippen LogP contribution is -2.32. The van der Waals surface area contributed by atoms with Gasteiger partial charge in [0.2, 0.25) is 5.91 Å². The SMILES string of the molecule is CCOCCCNC(=O)C(C)Sc1nnc(-c2c[nH]c3ccccc23)n1C1CC1. The van der Waals surface area contributed by atoms with E-state index in [2.05, 4.69) is 37.2 Å². The minimum Gasteiger partial charge on any atom is -0.382 e. The Bertz CT molecular complexity index is 979. The van der Waals surface area contributed by atoms with Crippen LogP contribution in [0.15, 0.2) is 35.6 Å². The Balaban J connectivity index is 1.48. The predicted octanol–water partition coefficient (Wildman–Crippen LogP) is 3.78. The van der Waals surface area contributed by atoms with E-state index in [1.165, 1.54) is 11.8 Å². The molecule has 1 saturated carbocycles. The summed E-state index contributed by atoms with van der Waals surface area (Å²) in [6, 6.07) is 8.62. The van der Waals surface area contributed by atoms with Crippen molar-refractivity contribution in [2.75, 3.05) is 19.8 Å². The highest BCUT2D eigenvalue weighted by Crippen LogP contribution is 2.42. The molecule has 0 radical (unpaired) electrons. The molecule has 0 spiro atoms. The number of nitrogens with one attached hydrogen (secondary N) is 2. The normalized spacial score (nSPS) is 15.0. The number of amides is 1. The molecule has 1 atom stereocenters. The number of carbonyl (C=O) groups excluding carboxylic acids is 1. The van der Waals surface area contributed by atoms with E-state index in [1.54, 1.807) is 0 Å². The van der Waals surface area contributed by atoms with E-state index in [0.29, 0.717) is 25.8 Å². The summed E-state index contributed by atoms with van der Waals surface area (Å²) in [4.78, 5) is 15.8. The second kappa shape index (κ2) is 9.00. The molecule has 29 heavy (non-hydrogen) atoms. The number of para-hydroxylation sites is 1. The summed E-state index contributed by atoms with van der Waals surface area (Å²) in [5, 5.41) is 13.6. The maximum absolute atomic E-state index is 12.5. The van der Waals surface area contributed by atoms with E-state index in [1.807, 2.05) is 32.2 Å². The summed E-state index contributed by atoms with van der Waals surface area (Å²) in [5.74, 6) is 0.891. The van der Waals surface area contributed by atoms with Gasteiger partial charge in [0.05, 0.1) is 5.25 Å². The van der Waals surface area contributed by atoms with Gasteiger partial charge in [-0.25, -0.2) is 0 Å². The minimum absolute atomic E-state index is 0.0190. The lowest BCUT2D eigenvalue weighted by Gasteiger charge is -2.13. The second-order valence-corrected chi connectivity index (χ2v) is 8.56. The van der Waals surface area contributed by atoms with Crippen molar-refractivity contribution in [1.82, 2.24) is 25.1 Å². The molecule has 4 rings (SSSR count). The molecule has 0 aliphatic heterocycles. The first-order valence-electron chi connectivity index (χ1n) is 10.2. The lowest BCUT2D eigenvalue weighted by atomic mass is 10.1. The fourth-order valence-electron chi connectivity index (χ4n) is 3.34. The van der Waals surface area contributed by atoms with E-state index in [4.69, 9.17) is 4.74 Å². The van der Waals surface area contributed by atoms with Crippen molar-refractivity contribution in [1.29, 1.82) is 0 Å². The molecule has 1 fully saturated rings. The van der Waals surface area contributed by atoms with Crippen LogP contribution >= 0.6 is 11.8 Å². The first-order valence-corrected chi connectivity index (χ1v) is 11.1. The molecule has 3 aromatic rings. The van der Waals surface area contributed by atoms with Gasteiger partial charge in [0.15, 0.2) is 11.0 Å². The first kappa shape index (κ1) is 20.0. The van der Waals surface area contributed by atoms with Gasteiger partial charge in [-0.3, -0.25) is 9.36 Å². The third kappa shape index (κ3) is 4.48. The molecule has 2 heterocycles. The van der Waals surface area contributed by atoms with Crippen molar-refractivity contribution < 1.29 is 9.53 Å². The number of hydrogen-bond donors (Lipinski definition) is 2. The third-order valence-corrected chi connectivity index (χ3v) is 6.08. The van der Waals surface area contributed by atoms with Crippen LogP contribution in [0.2, 0.25) is 0 Å². The topological polar surface area (TPSA) is 84.8 Å². The molecular weight excluding hydrogens is 386 g/mol. The molecule has 154 valence electrons. The molecule has 1 aromatic carbocycles. The van der Waals surface area contributed by atoms with Gasteiger partial charge in [0, 0.05) is 48.5 Å². The van der Waals surface area contributed by atoms with Gasteiger partial charge in [-0.2, -0.15) is 0 Å². The van der Waals surface area contributed by atoms with Gasteiger partial charge < -0.3 is 15.0 Å². The van der Waals surface area contributed by atoms with Crippen molar-refractivity contribution in [3.63, 3.8) is 0 Å². The summed E-state index contributed by atoms with van der Waals surface area (Å²) in [6.07, 6.45) is 5.06. The van der Waals surface area contributed by atoms with Gasteiger partial charge >= 0.3 is 0 Å². The summed E-state index contributed by atoms with van der Waals surface area (Å²) in [6.45, 7) is 5.88. The number of aromatic nitrogens is 4. The van der Waals surface area contributed by atoms with E-state index in [9.17, 15) is 4.79 Å². The number of benzene rings is 1. The second-order valence-electron chi connectivity index (χ2n) is 7.26. The smallest absolute Gasteiger partial charge is 0.233 e. The van der Waals surface area contributed by atoms with Crippen LogP contribution in [0.3, 0.4) is 0 Å². The highest BCUT2D eigenvalue weighted by atomic mass is 32.2. The molecule has 1 aliphatic rings. The molecule has 8 heteroatoms. The molecule has 2 N–H and O–H groups in total. The van der Waals surface area contributed by atoms with E-state index < -0.39 is 0 Å². The number of fused-ring (bicyclic) bond motifs is 1. The number of carbonyl (C=O) groups is 1. The van der Waals surface area contributed by atoms with E-state index >= 15 is 0 Å². The van der Waals surface area contributed by atoms with Crippen LogP contribution in [0.5, 0.6) is 0 Å². The number of ether oxygens (including phenoxy) is 1. The minimum atomic E-state index is -0.236. The molecule has 7 nitrogen and oxygen atoms in total. The average molecular weight is 414 g/mol. The number of nitrogens with zero attached hydrogens (tertiary/aromatic N) is 3. The molecule has 1 unspecified atom stereocenters. The van der Waals surface area contributed by atoms with Crippen LogP contribution in [0.25, 0.3) is 22.3 Å². The Hall–Kier alpha value is -2.32. The standard InChI is InChI=1S/C21H27N5O2S/c1-3-28-12-6-11-22-20(27)14(2)29-21-25-24-19(26(21)15-9-10-15)17-13-23-18-8-5-4-7-16(17)18/h4-5,7-8,13-15,23H,3,6,9-12H2,1-2H3,(H,22,27). The Kier molecular flexibility index (Phi) is 6.20. The molecule has 2 aromatic heterocycles. The van der Waals surface area contributed by atoms with Crippen LogP contribution < -0.4 is 5.32 Å². The highest BCUT2D eigenvalue weighted by Gasteiger charge is 2.32. The predicted molar refractivity (Wildman–Crippen MR) is 115 cm³/mol.